The van der Waals surface area contributed by atoms with Gasteiger partial charge in [-0.05, 0) is 67.5 Å². The van der Waals surface area contributed by atoms with E-state index in [1.54, 1.807) is 23.2 Å². The molecule has 0 saturated carbocycles. The van der Waals surface area contributed by atoms with Crippen LogP contribution in [-0.4, -0.2) is 18.4 Å². The lowest BCUT2D eigenvalue weighted by atomic mass is 9.99. The fraction of sp³-hybridized carbons (Fsp3) is 0.368. The molecule has 2 aliphatic rings. The van der Waals surface area contributed by atoms with E-state index >= 15 is 0 Å². The number of carbonyl (C=O) groups is 2. The summed E-state index contributed by atoms with van der Waals surface area (Å²) in [7, 11) is 0. The van der Waals surface area contributed by atoms with Crippen molar-refractivity contribution in [2.75, 3.05) is 16.8 Å². The molecule has 0 unspecified atom stereocenters. The van der Waals surface area contributed by atoms with Gasteiger partial charge in [0.2, 0.25) is 5.91 Å². The molecule has 0 spiro atoms. The maximum absolute atomic E-state index is 12.5. The Morgan fingerprint density at radius 3 is 2.71 bits per heavy atom. The number of rotatable bonds is 2. The number of nitrogens with one attached hydrogen (secondary N) is 1. The Hall–Kier alpha value is -2.14. The number of amides is 2. The van der Waals surface area contributed by atoms with Crippen molar-refractivity contribution in [2.45, 2.75) is 39.0 Å². The molecular weight excluding hydrogens is 320 g/mol. The smallest absolute Gasteiger partial charge is 0.265 e. The Bertz CT molecular complexity index is 801. The molecule has 124 valence electrons. The van der Waals surface area contributed by atoms with E-state index in [9.17, 15) is 9.59 Å². The molecule has 4 rings (SSSR count). The molecule has 24 heavy (non-hydrogen) atoms. The molecule has 2 heterocycles. The van der Waals surface area contributed by atoms with Crippen molar-refractivity contribution in [1.82, 2.24) is 0 Å². The van der Waals surface area contributed by atoms with Gasteiger partial charge in [-0.1, -0.05) is 0 Å². The fourth-order valence-electron chi connectivity index (χ4n) is 3.60. The van der Waals surface area contributed by atoms with Crippen LogP contribution in [0.15, 0.2) is 24.3 Å². The van der Waals surface area contributed by atoms with Gasteiger partial charge >= 0.3 is 0 Å². The first-order valence-corrected chi connectivity index (χ1v) is 9.27. The summed E-state index contributed by atoms with van der Waals surface area (Å²) >= 11 is 1.63. The Labute approximate surface area is 145 Å². The molecule has 1 aliphatic heterocycles. The van der Waals surface area contributed by atoms with Crippen LogP contribution in [0.4, 0.5) is 11.4 Å². The molecule has 0 bridgehead atoms. The summed E-state index contributed by atoms with van der Waals surface area (Å²) in [5.74, 6) is 0.0328. The highest BCUT2D eigenvalue weighted by molar-refractivity contribution is 7.14. The number of nitrogens with zero attached hydrogens (tertiary/aromatic N) is 1. The third-order valence-corrected chi connectivity index (χ3v) is 6.07. The van der Waals surface area contributed by atoms with Gasteiger partial charge in [0.15, 0.2) is 0 Å². The predicted octanol–water partition coefficient (Wildman–Crippen LogP) is 3.79. The van der Waals surface area contributed by atoms with E-state index in [1.807, 2.05) is 18.2 Å². The van der Waals surface area contributed by atoms with Crippen LogP contribution in [0.5, 0.6) is 0 Å². The number of anilines is 2. The first-order valence-electron chi connectivity index (χ1n) is 8.46. The lowest BCUT2D eigenvalue weighted by molar-refractivity contribution is -0.116. The number of thiophene rings is 1. The van der Waals surface area contributed by atoms with Gasteiger partial charge in [-0.15, -0.1) is 11.3 Å². The van der Waals surface area contributed by atoms with Crippen LogP contribution in [0, 0.1) is 0 Å². The maximum atomic E-state index is 12.5. The molecule has 2 amide bonds. The third-order valence-electron chi connectivity index (χ3n) is 4.83. The number of carbonyl (C=O) groups excluding carboxylic acids is 2. The fourth-order valence-corrected chi connectivity index (χ4v) is 4.75. The number of hydrogen-bond acceptors (Lipinski definition) is 3. The Morgan fingerprint density at radius 2 is 1.92 bits per heavy atom. The molecule has 1 N–H and O–H groups in total. The Morgan fingerprint density at radius 1 is 1.08 bits per heavy atom. The van der Waals surface area contributed by atoms with E-state index in [0.717, 1.165) is 47.6 Å². The molecular formula is C19H20N2O2S. The van der Waals surface area contributed by atoms with Crippen LogP contribution in [-0.2, 0) is 24.1 Å². The van der Waals surface area contributed by atoms with Crippen LogP contribution in [0.25, 0.3) is 0 Å². The van der Waals surface area contributed by atoms with Gasteiger partial charge in [0.05, 0.1) is 4.88 Å². The highest BCUT2D eigenvalue weighted by atomic mass is 32.1. The van der Waals surface area contributed by atoms with Crippen LogP contribution in [0.3, 0.4) is 0 Å². The summed E-state index contributed by atoms with van der Waals surface area (Å²) < 4.78 is 0. The second kappa shape index (κ2) is 6.06. The van der Waals surface area contributed by atoms with Crippen molar-refractivity contribution in [3.05, 3.63) is 45.1 Å². The standard InChI is InChI=1S/C19H20N2O2S/c1-12(22)21-9-8-13-10-15(6-7-16(13)21)20-19(23)18-11-14-4-2-3-5-17(14)24-18/h6-7,10-11H,2-5,8-9H2,1H3,(H,20,23). The average Bonchev–Trinajstić information content (AvgIpc) is 3.18. The van der Waals surface area contributed by atoms with Gasteiger partial charge in [-0.3, -0.25) is 9.59 Å². The molecule has 5 heteroatoms. The summed E-state index contributed by atoms with van der Waals surface area (Å²) in [6, 6.07) is 7.85. The largest absolute Gasteiger partial charge is 0.321 e. The van der Waals surface area contributed by atoms with Crippen LogP contribution < -0.4 is 10.2 Å². The first-order chi connectivity index (χ1) is 11.6. The van der Waals surface area contributed by atoms with Crippen molar-refractivity contribution in [1.29, 1.82) is 0 Å². The minimum Gasteiger partial charge on any atom is -0.321 e. The van der Waals surface area contributed by atoms with E-state index in [0.29, 0.717) is 0 Å². The first kappa shape index (κ1) is 15.4. The van der Waals surface area contributed by atoms with Crippen molar-refractivity contribution < 1.29 is 9.59 Å². The highest BCUT2D eigenvalue weighted by Gasteiger charge is 2.23. The summed E-state index contributed by atoms with van der Waals surface area (Å²) in [5.41, 5.74) is 4.23. The topological polar surface area (TPSA) is 49.4 Å². The predicted molar refractivity (Wildman–Crippen MR) is 97.1 cm³/mol. The lowest BCUT2D eigenvalue weighted by Crippen LogP contribution is -2.25. The molecule has 0 fully saturated rings. The third kappa shape index (κ3) is 2.73. The molecule has 0 radical (unpaired) electrons. The van der Waals surface area contributed by atoms with Crippen LogP contribution >= 0.6 is 11.3 Å². The highest BCUT2D eigenvalue weighted by Crippen LogP contribution is 2.32. The van der Waals surface area contributed by atoms with Gasteiger partial charge in [-0.25, -0.2) is 0 Å². The quantitative estimate of drug-likeness (QED) is 0.904. The second-order valence-corrected chi connectivity index (χ2v) is 7.62. The molecule has 0 atom stereocenters. The molecule has 2 aromatic rings. The number of hydrogen-bond donors (Lipinski definition) is 1. The van der Waals surface area contributed by atoms with Gasteiger partial charge in [-0.2, -0.15) is 0 Å². The number of benzene rings is 1. The normalized spacial score (nSPS) is 15.8. The molecule has 1 aromatic carbocycles. The zero-order valence-electron chi connectivity index (χ0n) is 13.7. The maximum Gasteiger partial charge on any atom is 0.265 e. The van der Waals surface area contributed by atoms with Crippen molar-refractivity contribution in [2.24, 2.45) is 0 Å². The van der Waals surface area contributed by atoms with Crippen molar-refractivity contribution in [3.63, 3.8) is 0 Å². The van der Waals surface area contributed by atoms with E-state index < -0.39 is 0 Å². The van der Waals surface area contributed by atoms with Crippen molar-refractivity contribution in [3.8, 4) is 0 Å². The monoisotopic (exact) mass is 340 g/mol. The van der Waals surface area contributed by atoms with Gasteiger partial charge in [0, 0.05) is 29.7 Å². The van der Waals surface area contributed by atoms with Gasteiger partial charge in [0.25, 0.3) is 5.91 Å². The molecule has 4 nitrogen and oxygen atoms in total. The minimum absolute atomic E-state index is 0.0317. The SMILES string of the molecule is CC(=O)N1CCc2cc(NC(=O)c3cc4c(s3)CCCC4)ccc21. The number of aryl methyl sites for hydroxylation is 2. The second-order valence-electron chi connectivity index (χ2n) is 6.48. The number of fused-ring (bicyclic) bond motifs is 2. The Kier molecular flexibility index (Phi) is 3.88. The molecule has 0 saturated heterocycles. The van der Waals surface area contributed by atoms with E-state index in [-0.39, 0.29) is 11.8 Å². The minimum atomic E-state index is -0.0317. The van der Waals surface area contributed by atoms with Gasteiger partial charge < -0.3 is 10.2 Å². The summed E-state index contributed by atoms with van der Waals surface area (Å²) in [6.45, 7) is 2.31. The summed E-state index contributed by atoms with van der Waals surface area (Å²) in [4.78, 5) is 28.1. The van der Waals surface area contributed by atoms with Crippen LogP contribution in [0.2, 0.25) is 0 Å². The molecule has 1 aliphatic carbocycles. The van der Waals surface area contributed by atoms with E-state index in [2.05, 4.69) is 11.4 Å². The zero-order chi connectivity index (χ0) is 16.7. The van der Waals surface area contributed by atoms with E-state index in [4.69, 9.17) is 0 Å². The summed E-state index contributed by atoms with van der Waals surface area (Å²) in [6.07, 6.45) is 5.49. The van der Waals surface area contributed by atoms with Gasteiger partial charge in [0.1, 0.15) is 0 Å². The Balaban J connectivity index is 1.52. The lowest BCUT2D eigenvalue weighted by Gasteiger charge is -2.15. The van der Waals surface area contributed by atoms with Crippen LogP contribution in [0.1, 0.15) is 45.4 Å². The average molecular weight is 340 g/mol. The zero-order valence-corrected chi connectivity index (χ0v) is 14.5. The van der Waals surface area contributed by atoms with E-state index in [1.165, 1.54) is 23.3 Å². The summed E-state index contributed by atoms with van der Waals surface area (Å²) in [5, 5.41) is 3.01. The molecule has 1 aromatic heterocycles. The van der Waals surface area contributed by atoms with Crippen molar-refractivity contribution >= 4 is 34.5 Å².